The SMILES string of the molecule is CCSC1CCC(Nc2nc(CC(=O)O)cs2)C1. The van der Waals surface area contributed by atoms with Crippen molar-refractivity contribution in [3.8, 4) is 0 Å². The molecule has 0 aromatic carbocycles. The quantitative estimate of drug-likeness (QED) is 0.842. The molecule has 0 saturated heterocycles. The van der Waals surface area contributed by atoms with Gasteiger partial charge in [0.25, 0.3) is 0 Å². The molecule has 2 rings (SSSR count). The molecule has 1 aromatic rings. The second-order valence-electron chi connectivity index (χ2n) is 4.45. The standard InChI is InChI=1S/C12H18N2O2S2/c1-2-17-10-4-3-8(5-10)13-12-14-9(7-18-12)6-11(15)16/h7-8,10H,2-6H2,1H3,(H,13,14)(H,15,16). The van der Waals surface area contributed by atoms with Crippen molar-refractivity contribution in [2.24, 2.45) is 0 Å². The van der Waals surface area contributed by atoms with Crippen LogP contribution >= 0.6 is 23.1 Å². The van der Waals surface area contributed by atoms with E-state index in [9.17, 15) is 4.79 Å². The number of nitrogens with one attached hydrogen (secondary N) is 1. The number of anilines is 1. The normalized spacial score (nSPS) is 23.2. The van der Waals surface area contributed by atoms with Crippen molar-refractivity contribution in [3.05, 3.63) is 11.1 Å². The van der Waals surface area contributed by atoms with Crippen molar-refractivity contribution < 1.29 is 9.90 Å². The van der Waals surface area contributed by atoms with Crippen molar-refractivity contribution in [2.45, 2.75) is 43.9 Å². The maximum atomic E-state index is 10.6. The lowest BCUT2D eigenvalue weighted by Gasteiger charge is -2.11. The number of rotatable bonds is 6. The lowest BCUT2D eigenvalue weighted by Crippen LogP contribution is -2.16. The van der Waals surface area contributed by atoms with Gasteiger partial charge in [0.2, 0.25) is 0 Å². The zero-order chi connectivity index (χ0) is 13.0. The summed E-state index contributed by atoms with van der Waals surface area (Å²) in [4.78, 5) is 14.9. The Hall–Kier alpha value is -0.750. The summed E-state index contributed by atoms with van der Waals surface area (Å²) in [5.74, 6) is 0.351. The van der Waals surface area contributed by atoms with E-state index in [2.05, 4.69) is 17.2 Å². The maximum absolute atomic E-state index is 10.6. The number of thioether (sulfide) groups is 1. The van der Waals surface area contributed by atoms with Crippen molar-refractivity contribution >= 4 is 34.2 Å². The highest BCUT2D eigenvalue weighted by Gasteiger charge is 2.24. The molecule has 0 bridgehead atoms. The van der Waals surface area contributed by atoms with Crippen LogP contribution < -0.4 is 5.32 Å². The van der Waals surface area contributed by atoms with Gasteiger partial charge in [-0.25, -0.2) is 4.98 Å². The van der Waals surface area contributed by atoms with Gasteiger partial charge in [0.1, 0.15) is 0 Å². The summed E-state index contributed by atoms with van der Waals surface area (Å²) in [5.41, 5.74) is 0.646. The van der Waals surface area contributed by atoms with Crippen molar-refractivity contribution in [1.82, 2.24) is 4.98 Å². The highest BCUT2D eigenvalue weighted by molar-refractivity contribution is 7.99. The van der Waals surface area contributed by atoms with E-state index < -0.39 is 5.97 Å². The van der Waals surface area contributed by atoms with Crippen LogP contribution in [0.2, 0.25) is 0 Å². The predicted octanol–water partition coefficient (Wildman–Crippen LogP) is 2.86. The van der Waals surface area contributed by atoms with Crippen molar-refractivity contribution in [1.29, 1.82) is 0 Å². The molecule has 0 spiro atoms. The second kappa shape index (κ2) is 6.43. The number of carbonyl (C=O) groups is 1. The predicted molar refractivity (Wildman–Crippen MR) is 76.6 cm³/mol. The molecule has 1 aromatic heterocycles. The van der Waals surface area contributed by atoms with E-state index in [1.54, 1.807) is 0 Å². The van der Waals surface area contributed by atoms with Crippen LogP contribution in [0.4, 0.5) is 5.13 Å². The minimum absolute atomic E-state index is 0.0111. The molecule has 1 fully saturated rings. The molecule has 6 heteroatoms. The van der Waals surface area contributed by atoms with E-state index in [1.807, 2.05) is 17.1 Å². The number of carboxylic acids is 1. The lowest BCUT2D eigenvalue weighted by molar-refractivity contribution is -0.136. The Balaban J connectivity index is 1.83. The van der Waals surface area contributed by atoms with E-state index in [1.165, 1.54) is 36.4 Å². The first-order valence-corrected chi connectivity index (χ1v) is 8.14. The number of thiazole rings is 1. The number of hydrogen-bond acceptors (Lipinski definition) is 5. The van der Waals surface area contributed by atoms with Gasteiger partial charge in [-0.1, -0.05) is 6.92 Å². The third kappa shape index (κ3) is 3.88. The number of aliphatic carboxylic acids is 1. The van der Waals surface area contributed by atoms with Crippen LogP contribution in [0.25, 0.3) is 0 Å². The van der Waals surface area contributed by atoms with Crippen LogP contribution in [-0.2, 0) is 11.2 Å². The molecule has 0 radical (unpaired) electrons. The Morgan fingerprint density at radius 3 is 3.22 bits per heavy atom. The van der Waals surface area contributed by atoms with Crippen LogP contribution in [0.1, 0.15) is 31.9 Å². The van der Waals surface area contributed by atoms with E-state index in [0.29, 0.717) is 11.7 Å². The number of hydrogen-bond donors (Lipinski definition) is 2. The summed E-state index contributed by atoms with van der Waals surface area (Å²) in [6.45, 7) is 2.20. The van der Waals surface area contributed by atoms with Gasteiger partial charge >= 0.3 is 5.97 Å². The molecular formula is C12H18N2O2S2. The van der Waals surface area contributed by atoms with Crippen LogP contribution in [-0.4, -0.2) is 33.1 Å². The van der Waals surface area contributed by atoms with E-state index >= 15 is 0 Å². The molecule has 0 amide bonds. The van der Waals surface area contributed by atoms with Crippen molar-refractivity contribution in [2.75, 3.05) is 11.1 Å². The zero-order valence-corrected chi connectivity index (χ0v) is 12.0. The number of aromatic nitrogens is 1. The third-order valence-corrected chi connectivity index (χ3v) is 5.05. The fraction of sp³-hybridized carbons (Fsp3) is 0.667. The molecule has 1 aliphatic carbocycles. The summed E-state index contributed by atoms with van der Waals surface area (Å²) >= 11 is 3.53. The Kier molecular flexibility index (Phi) is 4.88. The summed E-state index contributed by atoms with van der Waals surface area (Å²) < 4.78 is 0. The zero-order valence-electron chi connectivity index (χ0n) is 10.4. The van der Waals surface area contributed by atoms with Gasteiger partial charge in [0.05, 0.1) is 12.1 Å². The third-order valence-electron chi connectivity index (χ3n) is 3.00. The first-order valence-electron chi connectivity index (χ1n) is 6.21. The molecular weight excluding hydrogens is 268 g/mol. The number of nitrogens with zero attached hydrogens (tertiary/aromatic N) is 1. The Morgan fingerprint density at radius 1 is 1.67 bits per heavy atom. The summed E-state index contributed by atoms with van der Waals surface area (Å²) in [6, 6.07) is 0.498. The Bertz CT molecular complexity index is 409. The minimum Gasteiger partial charge on any atom is -0.481 e. The first kappa shape index (κ1) is 13.7. The molecule has 0 aliphatic heterocycles. The first-order chi connectivity index (χ1) is 8.67. The Morgan fingerprint density at radius 2 is 2.50 bits per heavy atom. The fourth-order valence-electron chi connectivity index (χ4n) is 2.24. The molecule has 4 nitrogen and oxygen atoms in total. The summed E-state index contributed by atoms with van der Waals surface area (Å²) in [6.07, 6.45) is 3.65. The molecule has 100 valence electrons. The molecule has 2 atom stereocenters. The van der Waals surface area contributed by atoms with E-state index in [4.69, 9.17) is 5.11 Å². The minimum atomic E-state index is -0.827. The van der Waals surface area contributed by atoms with Crippen LogP contribution in [0.15, 0.2) is 5.38 Å². The van der Waals surface area contributed by atoms with Crippen LogP contribution in [0.5, 0.6) is 0 Å². The van der Waals surface area contributed by atoms with Crippen molar-refractivity contribution in [3.63, 3.8) is 0 Å². The molecule has 1 heterocycles. The molecule has 1 saturated carbocycles. The smallest absolute Gasteiger partial charge is 0.309 e. The Labute approximate surface area is 115 Å². The van der Waals surface area contributed by atoms with Gasteiger partial charge in [-0.3, -0.25) is 4.79 Å². The highest BCUT2D eigenvalue weighted by Crippen LogP contribution is 2.32. The largest absolute Gasteiger partial charge is 0.481 e. The number of carboxylic acid groups (broad SMARTS) is 1. The molecule has 2 unspecified atom stereocenters. The molecule has 18 heavy (non-hydrogen) atoms. The monoisotopic (exact) mass is 286 g/mol. The van der Waals surface area contributed by atoms with Gasteiger partial charge in [-0.05, 0) is 25.0 Å². The average molecular weight is 286 g/mol. The summed E-state index contributed by atoms with van der Waals surface area (Å²) in [7, 11) is 0. The summed E-state index contributed by atoms with van der Waals surface area (Å²) in [5, 5.41) is 15.6. The van der Waals surface area contributed by atoms with Crippen LogP contribution in [0, 0.1) is 0 Å². The topological polar surface area (TPSA) is 62.2 Å². The van der Waals surface area contributed by atoms with Gasteiger partial charge < -0.3 is 10.4 Å². The van der Waals surface area contributed by atoms with Gasteiger partial charge in [0.15, 0.2) is 5.13 Å². The maximum Gasteiger partial charge on any atom is 0.309 e. The fourth-order valence-corrected chi connectivity index (χ4v) is 4.17. The second-order valence-corrected chi connectivity index (χ2v) is 6.88. The van der Waals surface area contributed by atoms with E-state index in [0.717, 1.165) is 10.4 Å². The molecule has 2 N–H and O–H groups in total. The van der Waals surface area contributed by atoms with E-state index in [-0.39, 0.29) is 6.42 Å². The molecule has 1 aliphatic rings. The highest BCUT2D eigenvalue weighted by atomic mass is 32.2. The van der Waals surface area contributed by atoms with Gasteiger partial charge in [-0.2, -0.15) is 11.8 Å². The van der Waals surface area contributed by atoms with Gasteiger partial charge in [0, 0.05) is 16.7 Å². The lowest BCUT2D eigenvalue weighted by atomic mass is 10.3. The van der Waals surface area contributed by atoms with Crippen LogP contribution in [0.3, 0.4) is 0 Å². The van der Waals surface area contributed by atoms with Gasteiger partial charge in [-0.15, -0.1) is 11.3 Å². The average Bonchev–Trinajstić information content (AvgIpc) is 2.89.